The molecule has 2 aromatic heterocycles. The lowest BCUT2D eigenvalue weighted by molar-refractivity contribution is 0.0513. The topological polar surface area (TPSA) is 77.6 Å². The summed E-state index contributed by atoms with van der Waals surface area (Å²) in [6.07, 6.45) is 2.14. The Balaban J connectivity index is 1.67. The first-order valence-electron chi connectivity index (χ1n) is 9.71. The fourth-order valence-corrected chi connectivity index (χ4v) is 3.69. The molecule has 1 aliphatic heterocycles. The van der Waals surface area contributed by atoms with E-state index in [1.165, 1.54) is 6.26 Å². The van der Waals surface area contributed by atoms with Gasteiger partial charge in [-0.1, -0.05) is 30.3 Å². The number of esters is 1. The molecule has 0 atom stereocenters. The van der Waals surface area contributed by atoms with Crippen LogP contribution < -0.4 is 0 Å². The smallest absolute Gasteiger partial charge is 0.359 e. The second-order valence-corrected chi connectivity index (χ2v) is 7.00. The van der Waals surface area contributed by atoms with Gasteiger partial charge < -0.3 is 14.1 Å². The average molecular weight is 393 g/mol. The SMILES string of the molecule is CCOC(=O)c1nn(Cc2ccccc2)c2c1CN(C(=O)c1ccoc1C)CC2. The molecule has 29 heavy (non-hydrogen) atoms. The Kier molecular flexibility index (Phi) is 5.20. The Hall–Kier alpha value is -3.35. The number of aromatic nitrogens is 2. The van der Waals surface area contributed by atoms with Crippen molar-refractivity contribution in [3.05, 3.63) is 76.5 Å². The average Bonchev–Trinajstić information content (AvgIpc) is 3.32. The standard InChI is InChI=1S/C22H23N3O4/c1-3-28-22(27)20-18-14-24(21(26)17-10-12-29-15(17)2)11-9-19(18)25(23-20)13-16-7-5-4-6-8-16/h4-8,10,12H,3,9,11,13-14H2,1-2H3. The van der Waals surface area contributed by atoms with Crippen molar-refractivity contribution in [3.63, 3.8) is 0 Å². The zero-order chi connectivity index (χ0) is 20.4. The predicted molar refractivity (Wildman–Crippen MR) is 106 cm³/mol. The summed E-state index contributed by atoms with van der Waals surface area (Å²) in [4.78, 5) is 27.2. The van der Waals surface area contributed by atoms with Gasteiger partial charge in [-0.05, 0) is 25.5 Å². The van der Waals surface area contributed by atoms with Gasteiger partial charge in [-0.15, -0.1) is 0 Å². The maximum atomic E-state index is 12.9. The molecule has 0 bridgehead atoms. The van der Waals surface area contributed by atoms with Gasteiger partial charge in [-0.25, -0.2) is 4.79 Å². The quantitative estimate of drug-likeness (QED) is 0.622. The second kappa shape index (κ2) is 7.95. The van der Waals surface area contributed by atoms with Crippen LogP contribution in [0.3, 0.4) is 0 Å². The van der Waals surface area contributed by atoms with Gasteiger partial charge in [0.2, 0.25) is 0 Å². The van der Waals surface area contributed by atoms with Crippen LogP contribution in [0, 0.1) is 6.92 Å². The molecular formula is C22H23N3O4. The third-order valence-electron chi connectivity index (χ3n) is 5.15. The van der Waals surface area contributed by atoms with Crippen molar-refractivity contribution in [2.75, 3.05) is 13.2 Å². The van der Waals surface area contributed by atoms with Crippen molar-refractivity contribution >= 4 is 11.9 Å². The van der Waals surface area contributed by atoms with Crippen molar-refractivity contribution in [2.24, 2.45) is 0 Å². The van der Waals surface area contributed by atoms with E-state index < -0.39 is 5.97 Å². The van der Waals surface area contributed by atoms with Crippen LogP contribution in [0.5, 0.6) is 0 Å². The number of hydrogen-bond acceptors (Lipinski definition) is 5. The lowest BCUT2D eigenvalue weighted by Crippen LogP contribution is -2.37. The van der Waals surface area contributed by atoms with E-state index in [0.717, 1.165) is 16.8 Å². The Morgan fingerprint density at radius 3 is 2.69 bits per heavy atom. The molecule has 0 unspecified atom stereocenters. The Morgan fingerprint density at radius 1 is 1.21 bits per heavy atom. The first kappa shape index (κ1) is 19.0. The molecule has 4 rings (SSSR count). The highest BCUT2D eigenvalue weighted by molar-refractivity contribution is 5.95. The van der Waals surface area contributed by atoms with Gasteiger partial charge in [0.25, 0.3) is 5.91 Å². The van der Waals surface area contributed by atoms with Crippen molar-refractivity contribution in [3.8, 4) is 0 Å². The fourth-order valence-electron chi connectivity index (χ4n) is 3.69. The van der Waals surface area contributed by atoms with Gasteiger partial charge >= 0.3 is 5.97 Å². The molecular weight excluding hydrogens is 370 g/mol. The maximum Gasteiger partial charge on any atom is 0.359 e. The number of amides is 1. The summed E-state index contributed by atoms with van der Waals surface area (Å²) in [5.41, 5.74) is 3.67. The van der Waals surface area contributed by atoms with E-state index in [1.54, 1.807) is 24.8 Å². The molecule has 0 saturated carbocycles. The first-order valence-corrected chi connectivity index (χ1v) is 9.71. The number of benzene rings is 1. The van der Waals surface area contributed by atoms with Crippen molar-refractivity contribution in [1.29, 1.82) is 0 Å². The van der Waals surface area contributed by atoms with E-state index in [4.69, 9.17) is 9.15 Å². The number of carbonyl (C=O) groups is 2. The number of nitrogens with zero attached hydrogens (tertiary/aromatic N) is 3. The van der Waals surface area contributed by atoms with Crippen LogP contribution in [0.25, 0.3) is 0 Å². The highest BCUT2D eigenvalue weighted by atomic mass is 16.5. The largest absolute Gasteiger partial charge is 0.469 e. The van der Waals surface area contributed by atoms with Crippen LogP contribution in [-0.2, 0) is 24.2 Å². The van der Waals surface area contributed by atoms with Crippen molar-refractivity contribution in [2.45, 2.75) is 33.4 Å². The van der Waals surface area contributed by atoms with Gasteiger partial charge in [0.1, 0.15) is 5.76 Å². The summed E-state index contributed by atoms with van der Waals surface area (Å²) in [5.74, 6) is 0.0306. The van der Waals surface area contributed by atoms with E-state index in [2.05, 4.69) is 5.10 Å². The van der Waals surface area contributed by atoms with Gasteiger partial charge in [0.05, 0.1) is 31.5 Å². The normalized spacial score (nSPS) is 13.2. The Labute approximate surface area is 168 Å². The number of ether oxygens (including phenoxy) is 1. The molecule has 1 aliphatic rings. The first-order chi connectivity index (χ1) is 14.1. The molecule has 7 nitrogen and oxygen atoms in total. The van der Waals surface area contributed by atoms with Crippen LogP contribution in [-0.4, -0.2) is 39.7 Å². The molecule has 1 aromatic carbocycles. The second-order valence-electron chi connectivity index (χ2n) is 7.00. The van der Waals surface area contributed by atoms with Gasteiger partial charge in [-0.2, -0.15) is 5.10 Å². The van der Waals surface area contributed by atoms with Gasteiger partial charge in [0.15, 0.2) is 5.69 Å². The molecule has 7 heteroatoms. The number of aryl methyl sites for hydroxylation is 1. The minimum absolute atomic E-state index is 0.104. The van der Waals surface area contributed by atoms with Crippen LogP contribution in [0.1, 0.15) is 50.4 Å². The summed E-state index contributed by atoms with van der Waals surface area (Å²) >= 11 is 0. The van der Waals surface area contributed by atoms with Crippen LogP contribution in [0.4, 0.5) is 0 Å². The number of carbonyl (C=O) groups excluding carboxylic acids is 2. The molecule has 0 fully saturated rings. The van der Waals surface area contributed by atoms with E-state index in [9.17, 15) is 9.59 Å². The lowest BCUT2D eigenvalue weighted by atomic mass is 10.0. The molecule has 0 N–H and O–H groups in total. The number of furan rings is 1. The fraction of sp³-hybridized carbons (Fsp3) is 0.318. The van der Waals surface area contributed by atoms with Crippen LogP contribution in [0.15, 0.2) is 47.1 Å². The zero-order valence-corrected chi connectivity index (χ0v) is 16.6. The Bertz CT molecular complexity index is 1040. The van der Waals surface area contributed by atoms with E-state index in [1.807, 2.05) is 35.0 Å². The summed E-state index contributed by atoms with van der Waals surface area (Å²) < 4.78 is 12.3. The molecule has 3 aromatic rings. The minimum Gasteiger partial charge on any atom is -0.469 e. The summed E-state index contributed by atoms with van der Waals surface area (Å²) in [6, 6.07) is 11.7. The molecule has 3 heterocycles. The minimum atomic E-state index is -0.454. The van der Waals surface area contributed by atoms with Crippen LogP contribution >= 0.6 is 0 Å². The van der Waals surface area contributed by atoms with Crippen LogP contribution in [0.2, 0.25) is 0 Å². The van der Waals surface area contributed by atoms with E-state index >= 15 is 0 Å². The predicted octanol–water partition coefficient (Wildman–Crippen LogP) is 3.21. The zero-order valence-electron chi connectivity index (χ0n) is 16.6. The van der Waals surface area contributed by atoms with Gasteiger partial charge in [0, 0.05) is 24.2 Å². The number of rotatable bonds is 5. The van der Waals surface area contributed by atoms with E-state index in [-0.39, 0.29) is 12.5 Å². The maximum absolute atomic E-state index is 12.9. The molecule has 150 valence electrons. The molecule has 1 amide bonds. The monoisotopic (exact) mass is 393 g/mol. The number of fused-ring (bicyclic) bond motifs is 1. The lowest BCUT2D eigenvalue weighted by Gasteiger charge is -2.27. The van der Waals surface area contributed by atoms with Gasteiger partial charge in [-0.3, -0.25) is 9.48 Å². The molecule has 0 aliphatic carbocycles. The third-order valence-corrected chi connectivity index (χ3v) is 5.15. The summed E-state index contributed by atoms with van der Waals surface area (Å²) in [7, 11) is 0. The highest BCUT2D eigenvalue weighted by Crippen LogP contribution is 2.26. The number of hydrogen-bond donors (Lipinski definition) is 0. The summed E-state index contributed by atoms with van der Waals surface area (Å²) in [6.45, 7) is 5.25. The highest BCUT2D eigenvalue weighted by Gasteiger charge is 2.31. The Morgan fingerprint density at radius 2 is 2.00 bits per heavy atom. The third kappa shape index (κ3) is 3.68. The summed E-state index contributed by atoms with van der Waals surface area (Å²) in [5, 5.41) is 4.57. The molecule has 0 saturated heterocycles. The van der Waals surface area contributed by atoms with Crippen molar-refractivity contribution < 1.29 is 18.7 Å². The van der Waals surface area contributed by atoms with Crippen molar-refractivity contribution in [1.82, 2.24) is 14.7 Å². The molecule has 0 radical (unpaired) electrons. The molecule has 0 spiro atoms. The van der Waals surface area contributed by atoms with E-state index in [0.29, 0.717) is 43.1 Å².